The topological polar surface area (TPSA) is 47.0 Å². The number of fused-ring (bicyclic) bond motifs is 1. The Balaban J connectivity index is 1.94. The Bertz CT molecular complexity index is 698. The van der Waals surface area contributed by atoms with Gasteiger partial charge >= 0.3 is 0 Å². The molecule has 1 aliphatic rings. The first-order valence-electron chi connectivity index (χ1n) is 6.59. The van der Waals surface area contributed by atoms with E-state index >= 15 is 0 Å². The number of aromatic amines is 1. The van der Waals surface area contributed by atoms with Gasteiger partial charge in [0.05, 0.1) is 17.0 Å². The van der Waals surface area contributed by atoms with Gasteiger partial charge in [0.2, 0.25) is 0 Å². The van der Waals surface area contributed by atoms with Crippen molar-refractivity contribution in [1.29, 1.82) is 0 Å². The molecule has 0 radical (unpaired) electrons. The highest BCUT2D eigenvalue weighted by Gasteiger charge is 2.16. The standard InChI is InChI=1S/C14H16N2O2S/c17-13-11-5-1-2-6-12(11)15-14(19)16(13)8-7-10-4-3-9-18-10/h1-2,5-6,10H,3-4,7-9H2,(H,15,19). The zero-order valence-corrected chi connectivity index (χ0v) is 11.4. The molecular weight excluding hydrogens is 260 g/mol. The number of ether oxygens (including phenoxy) is 1. The van der Waals surface area contributed by atoms with Crippen LogP contribution in [0.25, 0.3) is 10.9 Å². The van der Waals surface area contributed by atoms with E-state index in [-0.39, 0.29) is 11.7 Å². The van der Waals surface area contributed by atoms with E-state index in [1.54, 1.807) is 4.57 Å². The maximum atomic E-state index is 12.4. The van der Waals surface area contributed by atoms with Crippen molar-refractivity contribution in [2.24, 2.45) is 0 Å². The minimum atomic E-state index is -0.0163. The number of nitrogens with one attached hydrogen (secondary N) is 1. The lowest BCUT2D eigenvalue weighted by molar-refractivity contribution is 0.0999. The van der Waals surface area contributed by atoms with Crippen molar-refractivity contribution in [3.05, 3.63) is 39.4 Å². The van der Waals surface area contributed by atoms with E-state index in [2.05, 4.69) is 4.98 Å². The molecule has 0 spiro atoms. The third kappa shape index (κ3) is 2.48. The molecule has 1 fully saturated rings. The molecule has 100 valence electrons. The van der Waals surface area contributed by atoms with Crippen molar-refractivity contribution in [2.45, 2.75) is 31.9 Å². The number of para-hydroxylation sites is 1. The molecule has 1 atom stereocenters. The van der Waals surface area contributed by atoms with Gasteiger partial charge in [-0.1, -0.05) is 12.1 Å². The first-order chi connectivity index (χ1) is 9.25. The second kappa shape index (κ2) is 5.27. The Labute approximate surface area is 116 Å². The summed E-state index contributed by atoms with van der Waals surface area (Å²) < 4.78 is 7.71. The van der Waals surface area contributed by atoms with Crippen LogP contribution in [0.2, 0.25) is 0 Å². The lowest BCUT2D eigenvalue weighted by atomic mass is 10.2. The van der Waals surface area contributed by atoms with Gasteiger partial charge < -0.3 is 9.72 Å². The number of H-pyrrole nitrogens is 1. The van der Waals surface area contributed by atoms with Gasteiger partial charge in [0.15, 0.2) is 4.77 Å². The summed E-state index contributed by atoms with van der Waals surface area (Å²) in [5.41, 5.74) is 0.781. The molecule has 0 saturated carbocycles. The Kier molecular flexibility index (Phi) is 3.48. The van der Waals surface area contributed by atoms with Crippen molar-refractivity contribution < 1.29 is 4.74 Å². The van der Waals surface area contributed by atoms with Crippen LogP contribution in [-0.2, 0) is 11.3 Å². The average molecular weight is 276 g/mol. The van der Waals surface area contributed by atoms with Crippen LogP contribution in [0.1, 0.15) is 19.3 Å². The van der Waals surface area contributed by atoms with Crippen molar-refractivity contribution >= 4 is 23.1 Å². The fourth-order valence-electron chi connectivity index (χ4n) is 2.55. The quantitative estimate of drug-likeness (QED) is 0.877. The van der Waals surface area contributed by atoms with Crippen molar-refractivity contribution in [3.8, 4) is 0 Å². The van der Waals surface area contributed by atoms with E-state index in [1.807, 2.05) is 24.3 Å². The van der Waals surface area contributed by atoms with Gasteiger partial charge in [-0.3, -0.25) is 9.36 Å². The molecule has 1 aromatic heterocycles. The lowest BCUT2D eigenvalue weighted by Gasteiger charge is -2.11. The highest BCUT2D eigenvalue weighted by atomic mass is 32.1. The zero-order chi connectivity index (χ0) is 13.2. The van der Waals surface area contributed by atoms with E-state index in [4.69, 9.17) is 17.0 Å². The predicted molar refractivity (Wildman–Crippen MR) is 77.0 cm³/mol. The molecule has 19 heavy (non-hydrogen) atoms. The maximum Gasteiger partial charge on any atom is 0.262 e. The molecule has 2 heterocycles. The maximum absolute atomic E-state index is 12.4. The molecule has 0 amide bonds. The van der Waals surface area contributed by atoms with Gasteiger partial charge in [0.25, 0.3) is 5.56 Å². The third-order valence-electron chi connectivity index (χ3n) is 3.59. The van der Waals surface area contributed by atoms with Crippen LogP contribution in [0.4, 0.5) is 0 Å². The Morgan fingerprint density at radius 1 is 1.42 bits per heavy atom. The molecule has 4 nitrogen and oxygen atoms in total. The van der Waals surface area contributed by atoms with Crippen LogP contribution < -0.4 is 5.56 Å². The summed E-state index contributed by atoms with van der Waals surface area (Å²) in [7, 11) is 0. The first-order valence-corrected chi connectivity index (χ1v) is 7.00. The van der Waals surface area contributed by atoms with Crippen LogP contribution in [-0.4, -0.2) is 22.3 Å². The largest absolute Gasteiger partial charge is 0.378 e. The van der Waals surface area contributed by atoms with E-state index in [9.17, 15) is 4.79 Å². The summed E-state index contributed by atoms with van der Waals surface area (Å²) in [5.74, 6) is 0. The van der Waals surface area contributed by atoms with Gasteiger partial charge in [-0.2, -0.15) is 0 Å². The Morgan fingerprint density at radius 3 is 3.05 bits per heavy atom. The summed E-state index contributed by atoms with van der Waals surface area (Å²) in [5, 5.41) is 0.684. The molecule has 5 heteroatoms. The van der Waals surface area contributed by atoms with Gasteiger partial charge in [0.1, 0.15) is 0 Å². The van der Waals surface area contributed by atoms with E-state index in [0.29, 0.717) is 16.7 Å². The van der Waals surface area contributed by atoms with Crippen LogP contribution >= 0.6 is 12.2 Å². The minimum Gasteiger partial charge on any atom is -0.378 e. The highest BCUT2D eigenvalue weighted by Crippen LogP contribution is 2.16. The van der Waals surface area contributed by atoms with Crippen molar-refractivity contribution in [1.82, 2.24) is 9.55 Å². The SMILES string of the molecule is O=c1c2ccccc2[nH]c(=S)n1CCC1CCCO1. The highest BCUT2D eigenvalue weighted by molar-refractivity contribution is 7.71. The van der Waals surface area contributed by atoms with Crippen molar-refractivity contribution in [2.75, 3.05) is 6.61 Å². The monoisotopic (exact) mass is 276 g/mol. The molecule has 1 N–H and O–H groups in total. The fourth-order valence-corrected chi connectivity index (χ4v) is 2.83. The normalized spacial score (nSPS) is 19.1. The molecule has 1 aliphatic heterocycles. The molecule has 3 rings (SSSR count). The van der Waals surface area contributed by atoms with E-state index in [0.717, 1.165) is 31.4 Å². The van der Waals surface area contributed by atoms with Gasteiger partial charge in [0, 0.05) is 13.2 Å². The number of aromatic nitrogens is 2. The van der Waals surface area contributed by atoms with E-state index < -0.39 is 0 Å². The van der Waals surface area contributed by atoms with E-state index in [1.165, 1.54) is 0 Å². The second-order valence-corrected chi connectivity index (χ2v) is 5.24. The molecule has 1 aromatic carbocycles. The lowest BCUT2D eigenvalue weighted by Crippen LogP contribution is -2.24. The number of hydrogen-bond acceptors (Lipinski definition) is 3. The van der Waals surface area contributed by atoms with Crippen LogP contribution in [0.3, 0.4) is 0 Å². The molecule has 1 saturated heterocycles. The predicted octanol–water partition coefficient (Wildman–Crippen LogP) is 2.63. The number of benzene rings is 1. The molecule has 0 aliphatic carbocycles. The first kappa shape index (κ1) is 12.6. The summed E-state index contributed by atoms with van der Waals surface area (Å²) in [6, 6.07) is 7.46. The average Bonchev–Trinajstić information content (AvgIpc) is 2.92. The number of nitrogens with zero attached hydrogens (tertiary/aromatic N) is 1. The second-order valence-electron chi connectivity index (χ2n) is 4.86. The zero-order valence-electron chi connectivity index (χ0n) is 10.6. The molecular formula is C14H16N2O2S. The fraction of sp³-hybridized carbons (Fsp3) is 0.429. The van der Waals surface area contributed by atoms with Crippen LogP contribution in [0.5, 0.6) is 0 Å². The summed E-state index contributed by atoms with van der Waals surface area (Å²) in [4.78, 5) is 15.5. The molecule has 1 unspecified atom stereocenters. The van der Waals surface area contributed by atoms with Crippen LogP contribution in [0.15, 0.2) is 29.1 Å². The summed E-state index contributed by atoms with van der Waals surface area (Å²) >= 11 is 5.27. The number of rotatable bonds is 3. The minimum absolute atomic E-state index is 0.0163. The number of hydrogen-bond donors (Lipinski definition) is 1. The van der Waals surface area contributed by atoms with Gasteiger partial charge in [-0.05, 0) is 43.6 Å². The summed E-state index contributed by atoms with van der Waals surface area (Å²) in [6.45, 7) is 1.45. The summed E-state index contributed by atoms with van der Waals surface area (Å²) in [6.07, 6.45) is 3.31. The van der Waals surface area contributed by atoms with Gasteiger partial charge in [-0.15, -0.1) is 0 Å². The molecule has 2 aromatic rings. The van der Waals surface area contributed by atoms with Gasteiger partial charge in [-0.25, -0.2) is 0 Å². The van der Waals surface area contributed by atoms with Crippen molar-refractivity contribution in [3.63, 3.8) is 0 Å². The molecule has 0 bridgehead atoms. The Hall–Kier alpha value is -1.46. The Morgan fingerprint density at radius 2 is 2.26 bits per heavy atom. The third-order valence-corrected chi connectivity index (χ3v) is 3.91. The smallest absolute Gasteiger partial charge is 0.262 e. The van der Waals surface area contributed by atoms with Crippen LogP contribution in [0, 0.1) is 4.77 Å².